The number of hydrogen-bond acceptors (Lipinski definition) is 6. The molecule has 5 rings (SSSR count). The number of aliphatic hydroxyl groups is 1. The minimum atomic E-state index is -0.254. The maximum Gasteiger partial charge on any atom is 0.261 e. The molecule has 3 heterocycles. The van der Waals surface area contributed by atoms with Gasteiger partial charge in [-0.15, -0.1) is 0 Å². The summed E-state index contributed by atoms with van der Waals surface area (Å²) >= 11 is 1.74. The molecule has 36 heavy (non-hydrogen) atoms. The molecule has 2 aromatic carbocycles. The van der Waals surface area contributed by atoms with E-state index in [4.69, 9.17) is 4.98 Å². The minimum absolute atomic E-state index is 0.0550. The molecule has 3 aromatic heterocycles. The van der Waals surface area contributed by atoms with Crippen LogP contribution in [0.1, 0.15) is 16.7 Å². The molecule has 0 aliphatic heterocycles. The van der Waals surface area contributed by atoms with Crippen LogP contribution in [0.3, 0.4) is 0 Å². The van der Waals surface area contributed by atoms with E-state index in [0.717, 1.165) is 28.0 Å². The zero-order valence-electron chi connectivity index (χ0n) is 20.2. The lowest BCUT2D eigenvalue weighted by Gasteiger charge is -2.19. The third kappa shape index (κ3) is 5.07. The first-order chi connectivity index (χ1) is 17.5. The van der Waals surface area contributed by atoms with Crippen molar-refractivity contribution in [3.05, 3.63) is 94.4 Å². The predicted molar refractivity (Wildman–Crippen MR) is 146 cm³/mol. The van der Waals surface area contributed by atoms with E-state index in [1.807, 2.05) is 35.9 Å². The van der Waals surface area contributed by atoms with Crippen LogP contribution in [-0.4, -0.2) is 48.0 Å². The quantitative estimate of drug-likeness (QED) is 0.238. The molecule has 184 valence electrons. The Morgan fingerprint density at radius 2 is 2.08 bits per heavy atom. The van der Waals surface area contributed by atoms with Gasteiger partial charge in [-0.25, -0.2) is 9.97 Å². The van der Waals surface area contributed by atoms with Crippen LogP contribution >= 0.6 is 11.8 Å². The number of nitrogens with zero attached hydrogens (tertiary/aromatic N) is 3. The van der Waals surface area contributed by atoms with Crippen molar-refractivity contribution >= 4 is 28.5 Å². The SMILES string of the molecule is Cc1cccc(CSC[C@H](CO)Nc2cc[nH]c(=O)c2-c2nc3c(C)cc(-n4ccnc4)cc3[nH]2)c1. The van der Waals surface area contributed by atoms with Gasteiger partial charge in [0.15, 0.2) is 0 Å². The van der Waals surface area contributed by atoms with Crippen molar-refractivity contribution in [2.75, 3.05) is 17.7 Å². The summed E-state index contributed by atoms with van der Waals surface area (Å²) < 4.78 is 1.93. The molecule has 0 saturated carbocycles. The molecule has 0 saturated heterocycles. The molecule has 0 spiro atoms. The average Bonchev–Trinajstić information content (AvgIpc) is 3.54. The molecule has 0 aliphatic carbocycles. The number of aromatic amines is 2. The molecule has 0 unspecified atom stereocenters. The van der Waals surface area contributed by atoms with E-state index >= 15 is 0 Å². The lowest BCUT2D eigenvalue weighted by molar-refractivity contribution is 0.283. The van der Waals surface area contributed by atoms with Crippen LogP contribution in [0.4, 0.5) is 5.69 Å². The summed E-state index contributed by atoms with van der Waals surface area (Å²) in [7, 11) is 0. The van der Waals surface area contributed by atoms with Crippen LogP contribution in [-0.2, 0) is 5.75 Å². The highest BCUT2D eigenvalue weighted by Crippen LogP contribution is 2.28. The third-order valence-corrected chi connectivity index (χ3v) is 7.19. The molecule has 1 atom stereocenters. The number of aryl methyl sites for hydroxylation is 2. The van der Waals surface area contributed by atoms with Crippen molar-refractivity contribution < 1.29 is 5.11 Å². The Morgan fingerprint density at radius 1 is 1.19 bits per heavy atom. The zero-order chi connectivity index (χ0) is 25.1. The number of nitrogens with one attached hydrogen (secondary N) is 3. The fourth-order valence-electron chi connectivity index (χ4n) is 4.27. The minimum Gasteiger partial charge on any atom is -0.394 e. The number of H-pyrrole nitrogens is 2. The van der Waals surface area contributed by atoms with Gasteiger partial charge in [-0.2, -0.15) is 11.8 Å². The van der Waals surface area contributed by atoms with Gasteiger partial charge in [-0.3, -0.25) is 4.79 Å². The number of benzene rings is 2. The van der Waals surface area contributed by atoms with Gasteiger partial charge in [0.1, 0.15) is 11.4 Å². The largest absolute Gasteiger partial charge is 0.394 e. The van der Waals surface area contributed by atoms with Crippen LogP contribution in [0.15, 0.2) is 72.2 Å². The second-order valence-electron chi connectivity index (χ2n) is 8.84. The number of anilines is 1. The van der Waals surface area contributed by atoms with Crippen molar-refractivity contribution in [2.24, 2.45) is 0 Å². The van der Waals surface area contributed by atoms with E-state index in [1.165, 1.54) is 11.1 Å². The van der Waals surface area contributed by atoms with Crippen molar-refractivity contribution in [1.29, 1.82) is 0 Å². The number of aliphatic hydroxyl groups excluding tert-OH is 1. The van der Waals surface area contributed by atoms with E-state index in [0.29, 0.717) is 22.8 Å². The maximum absolute atomic E-state index is 12.9. The van der Waals surface area contributed by atoms with E-state index in [-0.39, 0.29) is 18.2 Å². The van der Waals surface area contributed by atoms with Gasteiger partial charge >= 0.3 is 0 Å². The first-order valence-electron chi connectivity index (χ1n) is 11.7. The fraction of sp³-hybridized carbons (Fsp3) is 0.222. The number of rotatable bonds is 9. The van der Waals surface area contributed by atoms with Gasteiger partial charge in [0.25, 0.3) is 5.56 Å². The summed E-state index contributed by atoms with van der Waals surface area (Å²) in [6, 6.07) is 14.0. The molecule has 9 heteroatoms. The summed E-state index contributed by atoms with van der Waals surface area (Å²) in [6.45, 7) is 4.02. The van der Waals surface area contributed by atoms with E-state index in [1.54, 1.807) is 30.5 Å². The van der Waals surface area contributed by atoms with Crippen LogP contribution in [0.5, 0.6) is 0 Å². The molecule has 8 nitrogen and oxygen atoms in total. The van der Waals surface area contributed by atoms with Gasteiger partial charge in [0, 0.05) is 35.8 Å². The van der Waals surface area contributed by atoms with Crippen molar-refractivity contribution in [1.82, 2.24) is 24.5 Å². The highest BCUT2D eigenvalue weighted by Gasteiger charge is 2.18. The van der Waals surface area contributed by atoms with Gasteiger partial charge in [-0.1, -0.05) is 29.8 Å². The molecule has 0 amide bonds. The number of imidazole rings is 2. The molecular formula is C27H28N6O2S. The lowest BCUT2D eigenvalue weighted by Crippen LogP contribution is -2.28. The fourth-order valence-corrected chi connectivity index (χ4v) is 5.27. The standard InChI is InChI=1S/C27H28N6O2S/c1-17-4-3-5-19(10-17)14-36-15-20(13-34)30-22-6-7-29-27(35)24(22)26-31-23-12-21(33-9-8-28-16-33)11-18(2)25(23)32-26/h3-12,16,20,34H,13-15H2,1-2H3,(H,31,32)(H2,29,30,35)/t20-/m0/s1. The first-order valence-corrected chi connectivity index (χ1v) is 12.9. The Balaban J connectivity index is 1.40. The highest BCUT2D eigenvalue weighted by molar-refractivity contribution is 7.98. The summed E-state index contributed by atoms with van der Waals surface area (Å²) in [5.41, 5.74) is 6.85. The normalized spacial score (nSPS) is 12.2. The van der Waals surface area contributed by atoms with E-state index in [2.05, 4.69) is 51.5 Å². The Hall–Kier alpha value is -3.82. The van der Waals surface area contributed by atoms with Crippen molar-refractivity contribution in [2.45, 2.75) is 25.6 Å². The predicted octanol–water partition coefficient (Wildman–Crippen LogP) is 4.43. The van der Waals surface area contributed by atoms with Crippen LogP contribution in [0, 0.1) is 13.8 Å². The summed E-state index contributed by atoms with van der Waals surface area (Å²) in [5.74, 6) is 2.01. The topological polar surface area (TPSA) is 112 Å². The Kier molecular flexibility index (Phi) is 6.92. The van der Waals surface area contributed by atoms with Crippen LogP contribution in [0.2, 0.25) is 0 Å². The Bertz CT molecular complexity index is 1540. The molecule has 0 aliphatic rings. The molecule has 4 N–H and O–H groups in total. The summed E-state index contributed by atoms with van der Waals surface area (Å²) in [4.78, 5) is 27.9. The number of thioether (sulfide) groups is 1. The second kappa shape index (κ2) is 10.4. The van der Waals surface area contributed by atoms with Gasteiger partial charge in [-0.05, 0) is 43.2 Å². The van der Waals surface area contributed by atoms with Crippen molar-refractivity contribution in [3.8, 4) is 17.1 Å². The van der Waals surface area contributed by atoms with Gasteiger partial charge < -0.3 is 25.0 Å². The monoisotopic (exact) mass is 500 g/mol. The van der Waals surface area contributed by atoms with Gasteiger partial charge in [0.2, 0.25) is 0 Å². The number of aromatic nitrogens is 5. The van der Waals surface area contributed by atoms with Crippen molar-refractivity contribution in [3.63, 3.8) is 0 Å². The zero-order valence-corrected chi connectivity index (χ0v) is 21.0. The lowest BCUT2D eigenvalue weighted by atomic mass is 10.2. The smallest absolute Gasteiger partial charge is 0.261 e. The number of pyridine rings is 1. The maximum atomic E-state index is 12.9. The summed E-state index contributed by atoms with van der Waals surface area (Å²) in [5, 5.41) is 13.4. The molecular weight excluding hydrogens is 472 g/mol. The second-order valence-corrected chi connectivity index (χ2v) is 9.87. The molecule has 0 fully saturated rings. The van der Waals surface area contributed by atoms with Crippen LogP contribution in [0.25, 0.3) is 28.1 Å². The Morgan fingerprint density at radius 3 is 2.86 bits per heavy atom. The van der Waals surface area contributed by atoms with E-state index in [9.17, 15) is 9.90 Å². The Labute approximate surface area is 212 Å². The highest BCUT2D eigenvalue weighted by atomic mass is 32.2. The summed E-state index contributed by atoms with van der Waals surface area (Å²) in [6.07, 6.45) is 6.96. The molecule has 0 bridgehead atoms. The molecule has 5 aromatic rings. The average molecular weight is 501 g/mol. The van der Waals surface area contributed by atoms with Crippen LogP contribution < -0.4 is 10.9 Å². The third-order valence-electron chi connectivity index (χ3n) is 6.01. The number of fused-ring (bicyclic) bond motifs is 1. The first kappa shape index (κ1) is 23.9. The number of hydrogen-bond donors (Lipinski definition) is 4. The molecule has 0 radical (unpaired) electrons. The van der Waals surface area contributed by atoms with E-state index < -0.39 is 0 Å². The van der Waals surface area contributed by atoms with Gasteiger partial charge in [0.05, 0.1) is 35.7 Å².